The lowest BCUT2D eigenvalue weighted by molar-refractivity contribution is 0.123. The molecule has 1 aromatic carbocycles. The van der Waals surface area contributed by atoms with E-state index in [1.54, 1.807) is 0 Å². The molecule has 0 heterocycles. The number of halogens is 1. The first kappa shape index (κ1) is 23.2. The Bertz CT molecular complexity index is 504. The van der Waals surface area contributed by atoms with Gasteiger partial charge < -0.3 is 20.1 Å². The zero-order valence-corrected chi connectivity index (χ0v) is 18.5. The van der Waals surface area contributed by atoms with E-state index in [0.29, 0.717) is 13.2 Å². The molecule has 2 N–H and O–H groups in total. The number of aliphatic imine (C=N–C) groups is 1. The van der Waals surface area contributed by atoms with Gasteiger partial charge >= 0.3 is 0 Å². The molecule has 0 bridgehead atoms. The molecule has 0 amide bonds. The number of rotatable bonds is 12. The van der Waals surface area contributed by atoms with Crippen LogP contribution in [0.5, 0.6) is 0 Å². The minimum atomic E-state index is 0. The van der Waals surface area contributed by atoms with Gasteiger partial charge in [-0.05, 0) is 50.2 Å². The second-order valence-electron chi connectivity index (χ2n) is 6.45. The fourth-order valence-corrected chi connectivity index (χ4v) is 2.39. The Morgan fingerprint density at radius 3 is 2.46 bits per heavy atom. The van der Waals surface area contributed by atoms with Crippen LogP contribution in [0, 0.1) is 5.92 Å². The van der Waals surface area contributed by atoms with Crippen LogP contribution >= 0.6 is 24.0 Å². The van der Waals surface area contributed by atoms with E-state index in [9.17, 15) is 0 Å². The van der Waals surface area contributed by atoms with Crippen LogP contribution in [0.4, 0.5) is 0 Å². The van der Waals surface area contributed by atoms with E-state index in [1.165, 1.54) is 24.0 Å². The summed E-state index contributed by atoms with van der Waals surface area (Å²) in [4.78, 5) is 4.65. The van der Waals surface area contributed by atoms with Crippen LogP contribution in [0.15, 0.2) is 29.3 Å². The molecular weight excluding hydrogens is 441 g/mol. The van der Waals surface area contributed by atoms with Gasteiger partial charge in [-0.25, -0.2) is 4.99 Å². The van der Waals surface area contributed by atoms with E-state index in [4.69, 9.17) is 9.47 Å². The minimum absolute atomic E-state index is 0. The van der Waals surface area contributed by atoms with Crippen molar-refractivity contribution in [2.45, 2.75) is 46.3 Å². The standard InChI is InChI=1S/C20H33N3O2.HI/c1-3-21-20(22-12-5-13-25-16-19-10-11-19)23-14-17-6-8-18(9-7-17)15-24-4-2;/h6-9,19H,3-5,10-16H2,1-2H3,(H2,21,22,23);1H. The molecule has 5 nitrogen and oxygen atoms in total. The summed E-state index contributed by atoms with van der Waals surface area (Å²) in [6, 6.07) is 8.45. The maximum Gasteiger partial charge on any atom is 0.191 e. The summed E-state index contributed by atoms with van der Waals surface area (Å²) in [5.74, 6) is 1.70. The topological polar surface area (TPSA) is 54.9 Å². The van der Waals surface area contributed by atoms with Crippen molar-refractivity contribution in [3.63, 3.8) is 0 Å². The first-order valence-electron chi connectivity index (χ1n) is 9.57. The molecule has 6 heteroatoms. The Balaban J connectivity index is 0.00000338. The van der Waals surface area contributed by atoms with E-state index < -0.39 is 0 Å². The van der Waals surface area contributed by atoms with E-state index >= 15 is 0 Å². The van der Waals surface area contributed by atoms with Crippen molar-refractivity contribution >= 4 is 29.9 Å². The fraction of sp³-hybridized carbons (Fsp3) is 0.650. The lowest BCUT2D eigenvalue weighted by Gasteiger charge is -2.11. The van der Waals surface area contributed by atoms with Gasteiger partial charge in [-0.1, -0.05) is 24.3 Å². The highest BCUT2D eigenvalue weighted by atomic mass is 127. The number of hydrogen-bond donors (Lipinski definition) is 2. The largest absolute Gasteiger partial charge is 0.381 e. The Hall–Kier alpha value is -0.860. The maximum atomic E-state index is 5.66. The molecule has 1 aromatic rings. The normalized spacial score (nSPS) is 14.0. The number of nitrogens with one attached hydrogen (secondary N) is 2. The number of hydrogen-bond acceptors (Lipinski definition) is 3. The first-order chi connectivity index (χ1) is 12.3. The van der Waals surface area contributed by atoms with Gasteiger partial charge in [0.25, 0.3) is 0 Å². The van der Waals surface area contributed by atoms with E-state index in [2.05, 4.69) is 46.8 Å². The minimum Gasteiger partial charge on any atom is -0.381 e. The highest BCUT2D eigenvalue weighted by molar-refractivity contribution is 14.0. The van der Waals surface area contributed by atoms with Gasteiger partial charge in [-0.2, -0.15) is 0 Å². The Morgan fingerprint density at radius 2 is 1.81 bits per heavy atom. The average molecular weight is 475 g/mol. The van der Waals surface area contributed by atoms with Crippen LogP contribution in [0.2, 0.25) is 0 Å². The van der Waals surface area contributed by atoms with Crippen molar-refractivity contribution in [1.82, 2.24) is 10.6 Å². The third-order valence-electron chi connectivity index (χ3n) is 4.07. The molecule has 1 aliphatic carbocycles. The number of nitrogens with zero attached hydrogens (tertiary/aromatic N) is 1. The van der Waals surface area contributed by atoms with Crippen molar-refractivity contribution in [3.8, 4) is 0 Å². The molecule has 2 rings (SSSR count). The summed E-state index contributed by atoms with van der Waals surface area (Å²) in [7, 11) is 0. The predicted molar refractivity (Wildman–Crippen MR) is 118 cm³/mol. The molecule has 0 unspecified atom stereocenters. The van der Waals surface area contributed by atoms with Crippen LogP contribution in [-0.2, 0) is 22.6 Å². The van der Waals surface area contributed by atoms with Gasteiger partial charge in [0.1, 0.15) is 0 Å². The van der Waals surface area contributed by atoms with Crippen molar-refractivity contribution < 1.29 is 9.47 Å². The van der Waals surface area contributed by atoms with Gasteiger partial charge in [0.05, 0.1) is 13.2 Å². The predicted octanol–water partition coefficient (Wildman–Crippen LogP) is 3.71. The van der Waals surface area contributed by atoms with Crippen molar-refractivity contribution in [2.24, 2.45) is 10.9 Å². The van der Waals surface area contributed by atoms with Crippen molar-refractivity contribution in [2.75, 3.05) is 32.9 Å². The Labute approximate surface area is 175 Å². The van der Waals surface area contributed by atoms with Gasteiger partial charge in [0, 0.05) is 32.9 Å². The SMILES string of the molecule is CCNC(=NCc1ccc(COCC)cc1)NCCCOCC1CC1.I. The molecule has 0 aliphatic heterocycles. The average Bonchev–Trinajstić information content (AvgIpc) is 3.46. The van der Waals surface area contributed by atoms with Crippen LogP contribution in [0.3, 0.4) is 0 Å². The second-order valence-corrected chi connectivity index (χ2v) is 6.45. The van der Waals surface area contributed by atoms with Gasteiger partial charge in [0.15, 0.2) is 5.96 Å². The third-order valence-corrected chi connectivity index (χ3v) is 4.07. The monoisotopic (exact) mass is 475 g/mol. The van der Waals surface area contributed by atoms with Crippen LogP contribution < -0.4 is 10.6 Å². The van der Waals surface area contributed by atoms with Gasteiger partial charge in [-0.3, -0.25) is 0 Å². The molecule has 1 fully saturated rings. The molecule has 1 aliphatic rings. The third kappa shape index (κ3) is 10.3. The zero-order valence-electron chi connectivity index (χ0n) is 16.1. The summed E-state index contributed by atoms with van der Waals surface area (Å²) in [5.41, 5.74) is 2.40. The molecule has 26 heavy (non-hydrogen) atoms. The molecule has 0 saturated heterocycles. The smallest absolute Gasteiger partial charge is 0.191 e. The van der Waals surface area contributed by atoms with Crippen LogP contribution in [0.1, 0.15) is 44.2 Å². The molecule has 0 radical (unpaired) electrons. The quantitative estimate of drug-likeness (QED) is 0.210. The zero-order chi connectivity index (χ0) is 17.7. The number of benzene rings is 1. The summed E-state index contributed by atoms with van der Waals surface area (Å²) in [6.07, 6.45) is 3.70. The lowest BCUT2D eigenvalue weighted by atomic mass is 10.1. The summed E-state index contributed by atoms with van der Waals surface area (Å²) < 4.78 is 11.1. The number of guanidine groups is 1. The maximum absolute atomic E-state index is 5.66. The van der Waals surface area contributed by atoms with Crippen LogP contribution in [0.25, 0.3) is 0 Å². The summed E-state index contributed by atoms with van der Waals surface area (Å²) in [5, 5.41) is 6.66. The Morgan fingerprint density at radius 1 is 1.08 bits per heavy atom. The summed E-state index contributed by atoms with van der Waals surface area (Å²) >= 11 is 0. The molecule has 1 saturated carbocycles. The molecule has 0 atom stereocenters. The lowest BCUT2D eigenvalue weighted by Crippen LogP contribution is -2.38. The first-order valence-corrected chi connectivity index (χ1v) is 9.57. The van der Waals surface area contributed by atoms with E-state index in [0.717, 1.165) is 51.2 Å². The second kappa shape index (κ2) is 14.2. The van der Waals surface area contributed by atoms with E-state index in [-0.39, 0.29) is 24.0 Å². The van der Waals surface area contributed by atoms with E-state index in [1.807, 2.05) is 6.92 Å². The molecular formula is C20H34IN3O2. The van der Waals surface area contributed by atoms with Crippen molar-refractivity contribution in [1.29, 1.82) is 0 Å². The Kier molecular flexibility index (Phi) is 12.7. The fourth-order valence-electron chi connectivity index (χ4n) is 2.39. The summed E-state index contributed by atoms with van der Waals surface area (Å²) in [6.45, 7) is 9.68. The highest BCUT2D eigenvalue weighted by Crippen LogP contribution is 2.28. The van der Waals surface area contributed by atoms with Gasteiger partial charge in [-0.15, -0.1) is 24.0 Å². The van der Waals surface area contributed by atoms with Crippen molar-refractivity contribution in [3.05, 3.63) is 35.4 Å². The molecule has 0 aromatic heterocycles. The van der Waals surface area contributed by atoms with Crippen LogP contribution in [-0.4, -0.2) is 38.9 Å². The highest BCUT2D eigenvalue weighted by Gasteiger charge is 2.20. The number of ether oxygens (including phenoxy) is 2. The van der Waals surface area contributed by atoms with Gasteiger partial charge in [0.2, 0.25) is 0 Å². The molecule has 0 spiro atoms. The molecule has 148 valence electrons.